The molecule has 2 aromatic heterocycles. The Balaban J connectivity index is 1.25. The van der Waals surface area contributed by atoms with Crippen LogP contribution in [0.15, 0.2) is 97.3 Å². The Hall–Kier alpha value is -10.5. The fourth-order valence-electron chi connectivity index (χ4n) is 12.6. The monoisotopic (exact) mass is 1600 g/mol. The predicted molar refractivity (Wildman–Crippen MR) is 410 cm³/mol. The second-order valence-electron chi connectivity index (χ2n) is 29.0. The summed E-state index contributed by atoms with van der Waals surface area (Å²) in [6.45, 7) is 9.10. The summed E-state index contributed by atoms with van der Waals surface area (Å²) in [5, 5.41) is 78.3. The summed E-state index contributed by atoms with van der Waals surface area (Å²) in [6.07, 6.45) is -4.41. The minimum Gasteiger partial charge on any atom is -0.508 e. The molecule has 4 heterocycles. The van der Waals surface area contributed by atoms with Crippen LogP contribution in [0.4, 0.5) is 8.78 Å². The summed E-state index contributed by atoms with van der Waals surface area (Å²) in [5.74, 6) is -17.3. The largest absolute Gasteiger partial charge is 0.508 e. The number of aromatic hydroxyl groups is 2. The van der Waals surface area contributed by atoms with E-state index in [4.69, 9.17) is 5.73 Å². The smallest absolute Gasteiger partial charge is 0.303 e. The quantitative estimate of drug-likeness (QED) is 0.0664. The number of hydrogen-bond donors (Lipinski definition) is 17. The number of amides is 12. The number of aromatic nitrogens is 2. The summed E-state index contributed by atoms with van der Waals surface area (Å²) in [6, 6.07) is 2.73. The van der Waals surface area contributed by atoms with E-state index in [1.807, 2.05) is 18.2 Å². The van der Waals surface area contributed by atoms with Crippen LogP contribution in [-0.2, 0) is 93.1 Å². The molecule has 112 heavy (non-hydrogen) atoms. The first-order chi connectivity index (χ1) is 52.9. The van der Waals surface area contributed by atoms with Crippen molar-refractivity contribution < 1.29 is 96.6 Å². The zero-order valence-corrected chi connectivity index (χ0v) is 64.8. The number of alkyl halides is 2. The van der Waals surface area contributed by atoms with Crippen LogP contribution < -0.4 is 58.9 Å². The number of nitrogens with one attached hydrogen (secondary N) is 11. The van der Waals surface area contributed by atoms with Gasteiger partial charge in [0, 0.05) is 79.3 Å². The maximum atomic E-state index is 16.0. The molecule has 2 aliphatic rings. The lowest BCUT2D eigenvalue weighted by molar-refractivity contribution is -0.143. The standard InChI is InChI=1S/C76H100F2N14O18S2/c1-8-12-50-65(101)84-52(25-26-59(98)99)66(102)85-53(31-42-17-21-47(95)22-18-42)68(104)83-51(13-9-2)67(103)90-60(40(3)93)72(108)88-56(63(79)100)38-112-37-45-15-10-14-44(30-45)36-111-29-27-58(97)89-62(75(5,6)7)73(109)87-55(32-43-19-23-48(96)24-20-43)74(110)92-39-76(77,78)34-57(92)70(106)91-61(41(4)94)71(107)86-54(69(105)82-50)33-46-35-81-64-49(46)16-11-28-80-64/h10-11,14-24,28,30,35,40-41,50-57,60-62,93-96H,8-9,12-13,25-27,29,31-34,36-39H2,1-7H3,(H2,79,100)(H,80,81)(H,82,105)(H,83,104)(H,84,101)(H,85,102)(H,86,107)(H,87,109)(H,88,108)(H,89,97)(H,90,103)(H,91,106)(H,98,99)/t40-,41-,50+,51+,52+,53+,54+,55+,56+,57+,60+,61+,62-/m1/s1. The Morgan fingerprint density at radius 3 is 1.62 bits per heavy atom. The average molecular weight is 1600 g/mol. The lowest BCUT2D eigenvalue weighted by Gasteiger charge is -2.34. The molecule has 3 aromatic carbocycles. The molecule has 608 valence electrons. The number of pyridine rings is 1. The number of nitrogens with zero attached hydrogens (tertiary/aromatic N) is 2. The number of aromatic amines is 1. The van der Waals surface area contributed by atoms with Gasteiger partial charge in [-0.25, -0.2) is 13.8 Å². The molecule has 2 bridgehead atoms. The van der Waals surface area contributed by atoms with Gasteiger partial charge >= 0.3 is 5.97 Å². The number of phenolic OH excluding ortho intramolecular Hbond substituents is 2. The number of rotatable bonds is 16. The highest BCUT2D eigenvalue weighted by Crippen LogP contribution is 2.34. The molecule has 18 N–H and O–H groups in total. The zero-order chi connectivity index (χ0) is 82.3. The van der Waals surface area contributed by atoms with E-state index in [1.165, 1.54) is 91.4 Å². The Morgan fingerprint density at radius 1 is 0.598 bits per heavy atom. The molecule has 36 heteroatoms. The van der Waals surface area contributed by atoms with Crippen molar-refractivity contribution in [3.05, 3.63) is 125 Å². The number of carboxylic acids is 1. The fraction of sp³-hybridized carbons (Fsp3) is 0.500. The normalized spacial score (nSPS) is 24.7. The number of primary amides is 1. The first kappa shape index (κ1) is 88.8. The Morgan fingerprint density at radius 2 is 1.08 bits per heavy atom. The number of halogens is 2. The van der Waals surface area contributed by atoms with E-state index in [-0.39, 0.29) is 61.5 Å². The van der Waals surface area contributed by atoms with Crippen LogP contribution in [0.2, 0.25) is 0 Å². The number of aliphatic carboxylic acids is 1. The highest BCUT2D eigenvalue weighted by atomic mass is 32.2. The number of carbonyl (C=O) groups excluding carboxylic acids is 12. The molecule has 32 nitrogen and oxygen atoms in total. The van der Waals surface area contributed by atoms with Gasteiger partial charge in [0.1, 0.15) is 83.6 Å². The first-order valence-corrected chi connectivity index (χ1v) is 39.0. The Labute approximate surface area is 654 Å². The molecular weight excluding hydrogens is 1500 g/mol. The van der Waals surface area contributed by atoms with Gasteiger partial charge in [0.2, 0.25) is 70.9 Å². The lowest BCUT2D eigenvalue weighted by Crippen LogP contribution is -2.62. The van der Waals surface area contributed by atoms with Crippen LogP contribution in [0, 0.1) is 5.41 Å². The zero-order valence-electron chi connectivity index (χ0n) is 63.1. The Kier molecular flexibility index (Phi) is 32.6. The molecule has 2 aliphatic heterocycles. The molecule has 0 spiro atoms. The third-order valence-electron chi connectivity index (χ3n) is 18.7. The SMILES string of the molecule is CCC[C@@H]1NC(=O)[C@H](Cc2c[nH]c3ncccc23)NC(=O)[C@H]([C@@H](C)O)NC(=O)[C@@H]2CC(F)(F)CN2C(=O)[C@H](Cc2ccc(O)cc2)NC(=O)[C@H](C(C)(C)C)NC(=O)CCSCc2cccc(c2)CSC[C@@H](C(N)=O)NC(=O)[C@H]([C@@H](C)O)NC(=O)[C@H](CCC)NC(=O)[C@H](Cc2ccc(O)cc2)NC(=O)[C@H](CCC(=O)O)NC1=O. The highest BCUT2D eigenvalue weighted by molar-refractivity contribution is 7.98. The van der Waals surface area contributed by atoms with Crippen LogP contribution in [0.1, 0.15) is 128 Å². The number of hydrogen-bond acceptors (Lipinski definition) is 20. The van der Waals surface area contributed by atoms with Gasteiger partial charge in [-0.3, -0.25) is 62.3 Å². The number of fused-ring (bicyclic) bond motifs is 4. The number of thioether (sulfide) groups is 2. The molecule has 0 unspecified atom stereocenters. The summed E-state index contributed by atoms with van der Waals surface area (Å²) in [5.41, 5.74) is 7.69. The van der Waals surface area contributed by atoms with Gasteiger partial charge in [-0.15, -0.1) is 0 Å². The molecule has 7 rings (SSSR count). The van der Waals surface area contributed by atoms with Gasteiger partial charge in [0.25, 0.3) is 5.92 Å². The molecule has 12 amide bonds. The van der Waals surface area contributed by atoms with Crippen molar-refractivity contribution in [2.24, 2.45) is 11.1 Å². The Bertz CT molecular complexity index is 4170. The third-order valence-corrected chi connectivity index (χ3v) is 20.8. The van der Waals surface area contributed by atoms with E-state index in [0.29, 0.717) is 44.1 Å². The van der Waals surface area contributed by atoms with Crippen molar-refractivity contribution in [3.63, 3.8) is 0 Å². The van der Waals surface area contributed by atoms with Crippen molar-refractivity contribution in [1.29, 1.82) is 0 Å². The van der Waals surface area contributed by atoms with Gasteiger partial charge in [-0.05, 0) is 103 Å². The molecule has 0 aliphatic carbocycles. The molecule has 0 saturated carbocycles. The van der Waals surface area contributed by atoms with Gasteiger partial charge in [-0.2, -0.15) is 23.5 Å². The minimum atomic E-state index is -3.77. The van der Waals surface area contributed by atoms with Gasteiger partial charge in [0.15, 0.2) is 0 Å². The number of nitrogens with two attached hydrogens (primary N) is 1. The lowest BCUT2D eigenvalue weighted by atomic mass is 9.85. The molecule has 1 saturated heterocycles. The summed E-state index contributed by atoms with van der Waals surface area (Å²) < 4.78 is 32.0. The number of carbonyl (C=O) groups is 13. The van der Waals surface area contributed by atoms with Crippen LogP contribution in [-0.4, -0.2) is 220 Å². The van der Waals surface area contributed by atoms with Gasteiger partial charge in [-0.1, -0.05) is 96.0 Å². The molecule has 1 fully saturated rings. The van der Waals surface area contributed by atoms with Crippen molar-refractivity contribution in [2.75, 3.05) is 18.1 Å². The van der Waals surface area contributed by atoms with Crippen molar-refractivity contribution in [2.45, 2.75) is 215 Å². The summed E-state index contributed by atoms with van der Waals surface area (Å²) in [7, 11) is 0. The van der Waals surface area contributed by atoms with E-state index in [2.05, 4.69) is 63.1 Å². The fourth-order valence-corrected chi connectivity index (χ4v) is 14.5. The predicted octanol–water partition coefficient (Wildman–Crippen LogP) is 1.41. The number of benzene rings is 3. The van der Waals surface area contributed by atoms with Crippen LogP contribution in [0.5, 0.6) is 11.5 Å². The second kappa shape index (κ2) is 41.2. The molecule has 0 radical (unpaired) electrons. The van der Waals surface area contributed by atoms with E-state index >= 15 is 13.6 Å². The van der Waals surface area contributed by atoms with E-state index in [1.54, 1.807) is 52.8 Å². The van der Waals surface area contributed by atoms with Gasteiger partial charge < -0.3 is 94.3 Å². The number of aliphatic hydroxyl groups is 2. The van der Waals surface area contributed by atoms with Crippen molar-refractivity contribution in [3.8, 4) is 11.5 Å². The van der Waals surface area contributed by atoms with E-state index in [9.17, 15) is 83.1 Å². The topological polar surface area (TPSA) is 501 Å². The van der Waals surface area contributed by atoms with Gasteiger partial charge in [0.05, 0.1) is 18.8 Å². The van der Waals surface area contributed by atoms with Crippen molar-refractivity contribution in [1.82, 2.24) is 68.0 Å². The van der Waals surface area contributed by atoms with Crippen LogP contribution in [0.25, 0.3) is 11.0 Å². The molecular formula is C76H100F2N14O18S2. The second-order valence-corrected chi connectivity index (χ2v) is 31.1. The summed E-state index contributed by atoms with van der Waals surface area (Å²) in [4.78, 5) is 193. The first-order valence-electron chi connectivity index (χ1n) is 36.7. The van der Waals surface area contributed by atoms with Crippen LogP contribution in [0.3, 0.4) is 0 Å². The van der Waals surface area contributed by atoms with Crippen LogP contribution >= 0.6 is 23.5 Å². The van der Waals surface area contributed by atoms with E-state index in [0.717, 1.165) is 18.1 Å². The number of aliphatic hydroxyl groups excluding tert-OH is 2. The highest BCUT2D eigenvalue weighted by Gasteiger charge is 2.52. The third kappa shape index (κ3) is 26.3. The molecule has 13 atom stereocenters. The summed E-state index contributed by atoms with van der Waals surface area (Å²) >= 11 is 2.60. The number of phenols is 2. The number of carboxylic acid groups (broad SMARTS) is 1. The molecule has 5 aromatic rings. The minimum absolute atomic E-state index is 0.0761. The maximum absolute atomic E-state index is 16.0. The van der Waals surface area contributed by atoms with E-state index < -0.39 is 206 Å². The number of H-pyrrole nitrogens is 1. The average Bonchev–Trinajstić information content (AvgIpc) is 1.63. The van der Waals surface area contributed by atoms with Crippen molar-refractivity contribution >= 4 is 111 Å². The maximum Gasteiger partial charge on any atom is 0.303 e.